The average molecular weight is 200 g/mol. The van der Waals surface area contributed by atoms with E-state index in [0.717, 1.165) is 11.1 Å². The molecule has 0 spiro atoms. The van der Waals surface area contributed by atoms with Crippen molar-refractivity contribution in [3.8, 4) is 0 Å². The van der Waals surface area contributed by atoms with Gasteiger partial charge < -0.3 is 10.8 Å². The first-order valence-corrected chi connectivity index (χ1v) is 4.60. The maximum absolute atomic E-state index is 9.63. The van der Waals surface area contributed by atoms with Crippen molar-refractivity contribution in [3.05, 3.63) is 34.3 Å². The molecule has 0 bridgehead atoms. The van der Waals surface area contributed by atoms with E-state index >= 15 is 0 Å². The third-order valence-corrected chi connectivity index (χ3v) is 2.44. The Morgan fingerprint density at radius 1 is 1.46 bits per heavy atom. The molecule has 0 amide bonds. The predicted molar refractivity (Wildman–Crippen MR) is 54.8 cm³/mol. The van der Waals surface area contributed by atoms with Crippen LogP contribution in [0.3, 0.4) is 0 Å². The number of aliphatic hydroxyl groups is 1. The van der Waals surface area contributed by atoms with E-state index in [0.29, 0.717) is 5.02 Å². The average Bonchev–Trinajstić information content (AvgIpc) is 2.08. The summed E-state index contributed by atoms with van der Waals surface area (Å²) in [6.45, 7) is 3.68. The number of aryl methyl sites for hydroxylation is 1. The van der Waals surface area contributed by atoms with Crippen LogP contribution >= 0.6 is 11.6 Å². The molecule has 0 aliphatic carbocycles. The summed E-state index contributed by atoms with van der Waals surface area (Å²) in [5.41, 5.74) is 7.33. The van der Waals surface area contributed by atoms with Crippen LogP contribution in [0.15, 0.2) is 18.2 Å². The van der Waals surface area contributed by atoms with Crippen LogP contribution < -0.4 is 5.73 Å². The van der Waals surface area contributed by atoms with Gasteiger partial charge in [-0.3, -0.25) is 0 Å². The van der Waals surface area contributed by atoms with E-state index in [4.69, 9.17) is 17.3 Å². The molecule has 2 nitrogen and oxygen atoms in total. The van der Waals surface area contributed by atoms with Gasteiger partial charge in [-0.25, -0.2) is 0 Å². The van der Waals surface area contributed by atoms with E-state index in [1.807, 2.05) is 19.1 Å². The molecule has 0 fully saturated rings. The normalized spacial score (nSPS) is 15.5. The Balaban J connectivity index is 2.97. The number of hydrogen-bond donors (Lipinski definition) is 2. The standard InChI is InChI=1S/C10H14ClNO/c1-6-3-4-8(5-9(6)11)10(13)7(2)12/h3-5,7,10,13H,12H2,1-2H3/t7-,10-/m1/s1. The third-order valence-electron chi connectivity index (χ3n) is 2.04. The highest BCUT2D eigenvalue weighted by Crippen LogP contribution is 2.22. The zero-order valence-electron chi connectivity index (χ0n) is 7.79. The smallest absolute Gasteiger partial charge is 0.0938 e. The molecule has 1 aromatic rings. The fourth-order valence-electron chi connectivity index (χ4n) is 1.10. The van der Waals surface area contributed by atoms with Gasteiger partial charge in [-0.2, -0.15) is 0 Å². The minimum atomic E-state index is -0.641. The number of hydrogen-bond acceptors (Lipinski definition) is 2. The van der Waals surface area contributed by atoms with Crippen LogP contribution in [0.25, 0.3) is 0 Å². The topological polar surface area (TPSA) is 46.2 Å². The second kappa shape index (κ2) is 4.09. The SMILES string of the molecule is Cc1ccc([C@H](O)[C@@H](C)N)cc1Cl. The highest BCUT2D eigenvalue weighted by atomic mass is 35.5. The maximum atomic E-state index is 9.63. The quantitative estimate of drug-likeness (QED) is 0.766. The summed E-state index contributed by atoms with van der Waals surface area (Å²) in [4.78, 5) is 0. The Morgan fingerprint density at radius 2 is 2.08 bits per heavy atom. The minimum Gasteiger partial charge on any atom is -0.387 e. The zero-order valence-corrected chi connectivity index (χ0v) is 8.55. The zero-order chi connectivity index (χ0) is 10.0. The lowest BCUT2D eigenvalue weighted by molar-refractivity contribution is 0.153. The Morgan fingerprint density at radius 3 is 2.54 bits per heavy atom. The molecular weight excluding hydrogens is 186 g/mol. The van der Waals surface area contributed by atoms with Crippen molar-refractivity contribution in [3.63, 3.8) is 0 Å². The number of aliphatic hydroxyl groups excluding tert-OH is 1. The second-order valence-electron chi connectivity index (χ2n) is 3.31. The van der Waals surface area contributed by atoms with Gasteiger partial charge >= 0.3 is 0 Å². The molecule has 0 saturated heterocycles. The summed E-state index contributed by atoms with van der Waals surface area (Å²) in [6.07, 6.45) is -0.641. The number of benzene rings is 1. The number of halogens is 1. The van der Waals surface area contributed by atoms with Crippen LogP contribution in [0, 0.1) is 6.92 Å². The molecule has 0 radical (unpaired) electrons. The molecule has 0 saturated carbocycles. The molecule has 0 heterocycles. The maximum Gasteiger partial charge on any atom is 0.0938 e. The minimum absolute atomic E-state index is 0.279. The molecule has 3 heteroatoms. The van der Waals surface area contributed by atoms with Crippen LogP contribution in [0.5, 0.6) is 0 Å². The predicted octanol–water partition coefficient (Wildman–Crippen LogP) is 2.03. The van der Waals surface area contributed by atoms with Crippen LogP contribution in [-0.2, 0) is 0 Å². The molecule has 3 N–H and O–H groups in total. The Labute approximate surface area is 83.3 Å². The fraction of sp³-hybridized carbons (Fsp3) is 0.400. The van der Waals surface area contributed by atoms with E-state index < -0.39 is 6.10 Å². The van der Waals surface area contributed by atoms with Crippen molar-refractivity contribution in [1.29, 1.82) is 0 Å². The van der Waals surface area contributed by atoms with Crippen LogP contribution in [-0.4, -0.2) is 11.1 Å². The highest BCUT2D eigenvalue weighted by molar-refractivity contribution is 6.31. The van der Waals surface area contributed by atoms with Gasteiger partial charge in [0.1, 0.15) is 0 Å². The van der Waals surface area contributed by atoms with Crippen molar-refractivity contribution < 1.29 is 5.11 Å². The summed E-state index contributed by atoms with van der Waals surface area (Å²) in [6, 6.07) is 5.20. The fourth-order valence-corrected chi connectivity index (χ4v) is 1.29. The molecule has 1 aromatic carbocycles. The number of rotatable bonds is 2. The van der Waals surface area contributed by atoms with Crippen molar-refractivity contribution in [1.82, 2.24) is 0 Å². The summed E-state index contributed by atoms with van der Waals surface area (Å²) >= 11 is 5.91. The van der Waals surface area contributed by atoms with Crippen LogP contribution in [0.1, 0.15) is 24.2 Å². The van der Waals surface area contributed by atoms with Gasteiger partial charge in [0.2, 0.25) is 0 Å². The Kier molecular flexibility index (Phi) is 3.31. The molecule has 1 rings (SSSR count). The Hall–Kier alpha value is -0.570. The van der Waals surface area contributed by atoms with E-state index in [2.05, 4.69) is 0 Å². The molecule has 2 atom stereocenters. The summed E-state index contributed by atoms with van der Waals surface area (Å²) in [5.74, 6) is 0. The van der Waals surface area contributed by atoms with Crippen molar-refractivity contribution in [2.24, 2.45) is 5.73 Å². The molecule has 0 unspecified atom stereocenters. The van der Waals surface area contributed by atoms with Gasteiger partial charge in [-0.05, 0) is 31.0 Å². The first-order valence-electron chi connectivity index (χ1n) is 4.22. The molecule has 72 valence electrons. The van der Waals surface area contributed by atoms with Gasteiger partial charge in [-0.15, -0.1) is 0 Å². The van der Waals surface area contributed by atoms with Crippen molar-refractivity contribution in [2.45, 2.75) is 26.0 Å². The largest absolute Gasteiger partial charge is 0.387 e. The van der Waals surface area contributed by atoms with Crippen molar-refractivity contribution >= 4 is 11.6 Å². The van der Waals surface area contributed by atoms with Gasteiger partial charge in [0.05, 0.1) is 6.10 Å². The monoisotopic (exact) mass is 199 g/mol. The number of nitrogens with two attached hydrogens (primary N) is 1. The molecule has 0 aliphatic rings. The van der Waals surface area contributed by atoms with Crippen molar-refractivity contribution in [2.75, 3.05) is 0 Å². The summed E-state index contributed by atoms with van der Waals surface area (Å²) < 4.78 is 0. The molecule has 0 aliphatic heterocycles. The van der Waals surface area contributed by atoms with Gasteiger partial charge in [0.15, 0.2) is 0 Å². The van der Waals surface area contributed by atoms with E-state index in [1.54, 1.807) is 13.0 Å². The molecular formula is C10H14ClNO. The van der Waals surface area contributed by atoms with Gasteiger partial charge in [-0.1, -0.05) is 23.7 Å². The van der Waals surface area contributed by atoms with E-state index in [9.17, 15) is 5.11 Å². The molecule has 13 heavy (non-hydrogen) atoms. The van der Waals surface area contributed by atoms with E-state index in [1.165, 1.54) is 0 Å². The van der Waals surface area contributed by atoms with E-state index in [-0.39, 0.29) is 6.04 Å². The highest BCUT2D eigenvalue weighted by Gasteiger charge is 2.12. The Bertz CT molecular complexity index is 299. The van der Waals surface area contributed by atoms with Gasteiger partial charge in [0.25, 0.3) is 0 Å². The first kappa shape index (κ1) is 10.5. The summed E-state index contributed by atoms with van der Waals surface area (Å²) in [5, 5.41) is 10.3. The summed E-state index contributed by atoms with van der Waals surface area (Å²) in [7, 11) is 0. The lowest BCUT2D eigenvalue weighted by Crippen LogP contribution is -2.24. The first-order chi connectivity index (χ1) is 6.02. The van der Waals surface area contributed by atoms with Gasteiger partial charge in [0, 0.05) is 11.1 Å². The van der Waals surface area contributed by atoms with Crippen LogP contribution in [0.2, 0.25) is 5.02 Å². The molecule has 0 aromatic heterocycles. The lowest BCUT2D eigenvalue weighted by Gasteiger charge is -2.15. The third kappa shape index (κ3) is 2.44. The van der Waals surface area contributed by atoms with Crippen LogP contribution in [0.4, 0.5) is 0 Å². The second-order valence-corrected chi connectivity index (χ2v) is 3.72. The lowest BCUT2D eigenvalue weighted by atomic mass is 10.0.